The molecule has 3 atom stereocenters. The zero-order valence-corrected chi connectivity index (χ0v) is 12.5. The zero-order valence-electron chi connectivity index (χ0n) is 12.5. The number of hydrogen-bond acceptors (Lipinski definition) is 4. The van der Waals surface area contributed by atoms with E-state index < -0.39 is 0 Å². The van der Waals surface area contributed by atoms with E-state index in [0.717, 1.165) is 24.9 Å². The van der Waals surface area contributed by atoms with Gasteiger partial charge in [0.1, 0.15) is 0 Å². The van der Waals surface area contributed by atoms with E-state index in [2.05, 4.69) is 5.32 Å². The minimum Gasteiger partial charge on any atom is -0.396 e. The second kappa shape index (κ2) is 7.52. The zero-order chi connectivity index (χ0) is 15.2. The summed E-state index contributed by atoms with van der Waals surface area (Å²) in [7, 11) is 0. The fourth-order valence-electron chi connectivity index (χ4n) is 3.25. The summed E-state index contributed by atoms with van der Waals surface area (Å²) in [6.07, 6.45) is 4.62. The third-order valence-corrected chi connectivity index (χ3v) is 4.59. The Labute approximate surface area is 125 Å². The van der Waals surface area contributed by atoms with Crippen molar-refractivity contribution in [1.82, 2.24) is 5.32 Å². The summed E-state index contributed by atoms with van der Waals surface area (Å²) in [6, 6.07) is 6.81. The maximum absolute atomic E-state index is 11.1. The summed E-state index contributed by atoms with van der Waals surface area (Å²) < 4.78 is 0. The van der Waals surface area contributed by atoms with E-state index >= 15 is 0 Å². The fraction of sp³-hybridized carbons (Fsp3) is 0.625. The normalized spacial score (nSPS) is 23.7. The molecule has 0 saturated heterocycles. The Hall–Kier alpha value is -1.46. The second-order valence-corrected chi connectivity index (χ2v) is 5.93. The van der Waals surface area contributed by atoms with E-state index in [1.165, 1.54) is 12.8 Å². The lowest BCUT2D eigenvalue weighted by atomic mass is 9.79. The van der Waals surface area contributed by atoms with E-state index in [-0.39, 0.29) is 23.3 Å². The van der Waals surface area contributed by atoms with Crippen LogP contribution < -0.4 is 5.32 Å². The largest absolute Gasteiger partial charge is 0.396 e. The molecular formula is C16H24N2O3. The first kappa shape index (κ1) is 15.9. The number of hydrogen-bond donors (Lipinski definition) is 2. The Morgan fingerprint density at radius 3 is 2.67 bits per heavy atom. The van der Waals surface area contributed by atoms with Crippen molar-refractivity contribution in [3.8, 4) is 0 Å². The van der Waals surface area contributed by atoms with Crippen molar-refractivity contribution in [3.05, 3.63) is 39.9 Å². The first-order valence-electron chi connectivity index (χ1n) is 7.71. The van der Waals surface area contributed by atoms with Gasteiger partial charge >= 0.3 is 0 Å². The van der Waals surface area contributed by atoms with Crippen molar-refractivity contribution in [3.63, 3.8) is 0 Å². The van der Waals surface area contributed by atoms with Crippen LogP contribution in [-0.4, -0.2) is 23.2 Å². The number of nitrogens with one attached hydrogen (secondary N) is 1. The first-order chi connectivity index (χ1) is 10.1. The summed E-state index contributed by atoms with van der Waals surface area (Å²) >= 11 is 0. The molecule has 0 heterocycles. The highest BCUT2D eigenvalue weighted by atomic mass is 16.6. The van der Waals surface area contributed by atoms with Crippen molar-refractivity contribution < 1.29 is 10.0 Å². The van der Waals surface area contributed by atoms with Crippen LogP contribution in [0.15, 0.2) is 24.3 Å². The van der Waals surface area contributed by atoms with E-state index in [9.17, 15) is 15.2 Å². The quantitative estimate of drug-likeness (QED) is 0.624. The lowest BCUT2D eigenvalue weighted by Gasteiger charge is -2.31. The van der Waals surface area contributed by atoms with Crippen LogP contribution in [0, 0.1) is 22.0 Å². The van der Waals surface area contributed by atoms with Crippen LogP contribution in [0.5, 0.6) is 0 Å². The smallest absolute Gasteiger partial charge is 0.274 e. The predicted molar refractivity (Wildman–Crippen MR) is 82.0 cm³/mol. The van der Waals surface area contributed by atoms with E-state index in [4.69, 9.17) is 0 Å². The maximum Gasteiger partial charge on any atom is 0.274 e. The molecule has 1 saturated carbocycles. The third kappa shape index (κ3) is 4.02. The van der Waals surface area contributed by atoms with Crippen molar-refractivity contribution >= 4 is 5.69 Å². The summed E-state index contributed by atoms with van der Waals surface area (Å²) in [5.74, 6) is 0.832. The van der Waals surface area contributed by atoms with Crippen molar-refractivity contribution in [2.24, 2.45) is 11.8 Å². The van der Waals surface area contributed by atoms with Crippen LogP contribution in [0.3, 0.4) is 0 Å². The van der Waals surface area contributed by atoms with Gasteiger partial charge in [-0.3, -0.25) is 10.1 Å². The van der Waals surface area contributed by atoms with Crippen molar-refractivity contribution in [2.45, 2.75) is 38.6 Å². The fourth-order valence-corrected chi connectivity index (χ4v) is 3.25. The Morgan fingerprint density at radius 2 is 2.00 bits per heavy atom. The molecule has 1 aromatic rings. The van der Waals surface area contributed by atoms with Gasteiger partial charge in [-0.05, 0) is 38.1 Å². The van der Waals surface area contributed by atoms with Crippen molar-refractivity contribution in [1.29, 1.82) is 0 Å². The highest BCUT2D eigenvalue weighted by molar-refractivity contribution is 5.41. The van der Waals surface area contributed by atoms with Gasteiger partial charge in [-0.2, -0.15) is 0 Å². The minimum atomic E-state index is -0.329. The molecule has 1 aromatic carbocycles. The highest BCUT2D eigenvalue weighted by Crippen LogP contribution is 2.30. The Balaban J connectivity index is 1.98. The molecule has 0 aliphatic heterocycles. The molecule has 1 aliphatic carbocycles. The minimum absolute atomic E-state index is 0.0622. The van der Waals surface area contributed by atoms with Gasteiger partial charge in [-0.25, -0.2) is 0 Å². The van der Waals surface area contributed by atoms with Gasteiger partial charge in [0.25, 0.3) is 5.69 Å². The molecule has 116 valence electrons. The molecule has 0 spiro atoms. The number of nitro groups is 1. The van der Waals surface area contributed by atoms with Gasteiger partial charge in [0.2, 0.25) is 0 Å². The van der Waals surface area contributed by atoms with E-state index in [1.807, 2.05) is 13.0 Å². The Kier molecular flexibility index (Phi) is 5.70. The van der Waals surface area contributed by atoms with Crippen LogP contribution in [-0.2, 0) is 0 Å². The Morgan fingerprint density at radius 1 is 1.33 bits per heavy atom. The van der Waals surface area contributed by atoms with E-state index in [1.54, 1.807) is 18.2 Å². The van der Waals surface area contributed by atoms with Crippen LogP contribution in [0.25, 0.3) is 0 Å². The molecule has 1 aliphatic rings. The van der Waals surface area contributed by atoms with Gasteiger partial charge in [-0.15, -0.1) is 0 Å². The molecule has 3 unspecified atom stereocenters. The molecule has 0 bridgehead atoms. The molecule has 5 heteroatoms. The Bertz CT molecular complexity index is 478. The maximum atomic E-state index is 11.1. The van der Waals surface area contributed by atoms with Crippen LogP contribution in [0.2, 0.25) is 0 Å². The first-order valence-corrected chi connectivity index (χ1v) is 7.71. The number of nitro benzene ring substituents is 1. The highest BCUT2D eigenvalue weighted by Gasteiger charge is 2.25. The molecule has 2 rings (SSSR count). The molecule has 0 amide bonds. The summed E-state index contributed by atoms with van der Waals surface area (Å²) in [6.45, 7) is 3.00. The standard InChI is InChI=1S/C16H24N2O3/c1-12(15-8-4-5-9-16(15)18(20)21)17-10-13-6-2-3-7-14(13)11-19/h4-5,8-9,12-14,17,19H,2-3,6-7,10-11H2,1H3. The number of para-hydroxylation sites is 1. The summed E-state index contributed by atoms with van der Waals surface area (Å²) in [5, 5.41) is 23.9. The van der Waals surface area contributed by atoms with Gasteiger partial charge < -0.3 is 10.4 Å². The van der Waals surface area contributed by atoms with Crippen LogP contribution in [0.1, 0.15) is 44.2 Å². The second-order valence-electron chi connectivity index (χ2n) is 5.93. The molecule has 1 fully saturated rings. The van der Waals surface area contributed by atoms with Gasteiger partial charge in [0.05, 0.1) is 4.92 Å². The molecule has 2 N–H and O–H groups in total. The average Bonchev–Trinajstić information content (AvgIpc) is 2.52. The van der Waals surface area contributed by atoms with Gasteiger partial charge in [0, 0.05) is 24.3 Å². The number of rotatable bonds is 6. The van der Waals surface area contributed by atoms with Crippen LogP contribution in [0.4, 0.5) is 5.69 Å². The monoisotopic (exact) mass is 292 g/mol. The third-order valence-electron chi connectivity index (χ3n) is 4.59. The summed E-state index contributed by atoms with van der Waals surface area (Å²) in [4.78, 5) is 10.7. The lowest BCUT2D eigenvalue weighted by molar-refractivity contribution is -0.385. The summed E-state index contributed by atoms with van der Waals surface area (Å²) in [5.41, 5.74) is 0.888. The lowest BCUT2D eigenvalue weighted by Crippen LogP contribution is -2.33. The number of nitrogens with zero attached hydrogens (tertiary/aromatic N) is 1. The van der Waals surface area contributed by atoms with Crippen LogP contribution >= 0.6 is 0 Å². The average molecular weight is 292 g/mol. The van der Waals surface area contributed by atoms with Gasteiger partial charge in [0.15, 0.2) is 0 Å². The van der Waals surface area contributed by atoms with Crippen molar-refractivity contribution in [2.75, 3.05) is 13.2 Å². The molecular weight excluding hydrogens is 268 g/mol. The molecule has 0 aromatic heterocycles. The number of aliphatic hydroxyl groups excluding tert-OH is 1. The number of aliphatic hydroxyl groups is 1. The van der Waals surface area contributed by atoms with Gasteiger partial charge in [-0.1, -0.05) is 31.0 Å². The molecule has 21 heavy (non-hydrogen) atoms. The molecule has 0 radical (unpaired) electrons. The number of benzene rings is 1. The predicted octanol–water partition coefficient (Wildman–Crippen LogP) is 3.04. The SMILES string of the molecule is CC(NCC1CCCCC1CO)c1ccccc1[N+](=O)[O-]. The topological polar surface area (TPSA) is 75.4 Å². The van der Waals surface area contributed by atoms with E-state index in [0.29, 0.717) is 11.8 Å². The molecule has 5 nitrogen and oxygen atoms in total.